The Hall–Kier alpha value is -3.06. The fourth-order valence-corrected chi connectivity index (χ4v) is 8.44. The minimum atomic E-state index is -0.597. The Kier molecular flexibility index (Phi) is 9.85. The number of aromatic amines is 1. The summed E-state index contributed by atoms with van der Waals surface area (Å²) in [5.41, 5.74) is 1.56. The molecule has 0 saturated carbocycles. The van der Waals surface area contributed by atoms with Gasteiger partial charge in [0.1, 0.15) is 28.5 Å². The molecule has 246 valence electrons. The smallest absolute Gasteiger partial charge is 0.261 e. The Labute approximate surface area is 273 Å². The summed E-state index contributed by atoms with van der Waals surface area (Å²) in [6.07, 6.45) is 6.45. The van der Waals surface area contributed by atoms with Crippen molar-refractivity contribution in [3.8, 4) is 5.75 Å². The number of likely N-dealkylation sites (tertiary alicyclic amines) is 2. The number of fused-ring (bicyclic) bond motifs is 1. The van der Waals surface area contributed by atoms with Crippen LogP contribution in [0.5, 0.6) is 5.75 Å². The van der Waals surface area contributed by atoms with Gasteiger partial charge in [-0.1, -0.05) is 0 Å². The van der Waals surface area contributed by atoms with Crippen LogP contribution in [-0.2, 0) is 10.5 Å². The van der Waals surface area contributed by atoms with Crippen molar-refractivity contribution in [1.29, 1.82) is 0 Å². The van der Waals surface area contributed by atoms with E-state index in [1.54, 1.807) is 18.2 Å². The molecular formula is C34H43FN6O4S. The quantitative estimate of drug-likeness (QED) is 0.292. The Balaban J connectivity index is 0.847. The first-order valence-corrected chi connectivity index (χ1v) is 17.8. The number of nitrogens with zero attached hydrogens (tertiary/aromatic N) is 5. The molecule has 0 atom stereocenters. The molecule has 4 aliphatic rings. The third-order valence-corrected chi connectivity index (χ3v) is 11.6. The van der Waals surface area contributed by atoms with Crippen LogP contribution in [0, 0.1) is 16.6 Å². The van der Waals surface area contributed by atoms with E-state index in [1.807, 2.05) is 23.9 Å². The summed E-state index contributed by atoms with van der Waals surface area (Å²) in [6, 6.07) is 11.9. The van der Waals surface area contributed by atoms with E-state index in [1.165, 1.54) is 24.6 Å². The zero-order valence-corrected chi connectivity index (χ0v) is 27.1. The molecule has 1 aromatic heterocycles. The van der Waals surface area contributed by atoms with Gasteiger partial charge < -0.3 is 19.4 Å². The zero-order chi connectivity index (χ0) is 31.5. The largest absolute Gasteiger partial charge is 0.493 e. The molecule has 0 spiro atoms. The first-order chi connectivity index (χ1) is 22.5. The van der Waals surface area contributed by atoms with Gasteiger partial charge in [0.05, 0.1) is 17.9 Å². The van der Waals surface area contributed by atoms with Gasteiger partial charge >= 0.3 is 0 Å². The molecule has 2 aromatic carbocycles. The number of halogens is 1. The van der Waals surface area contributed by atoms with Crippen molar-refractivity contribution in [2.45, 2.75) is 61.6 Å². The highest BCUT2D eigenvalue weighted by atomic mass is 32.2. The monoisotopic (exact) mass is 650 g/mol. The number of hydrogen-bond donors (Lipinski definition) is 1. The lowest BCUT2D eigenvalue weighted by molar-refractivity contribution is -0.00875. The molecule has 0 aliphatic carbocycles. The van der Waals surface area contributed by atoms with E-state index in [0.29, 0.717) is 58.4 Å². The molecule has 4 fully saturated rings. The van der Waals surface area contributed by atoms with Crippen LogP contribution < -0.4 is 15.2 Å². The highest BCUT2D eigenvalue weighted by Crippen LogP contribution is 2.32. The number of H-pyrrole nitrogens is 1. The van der Waals surface area contributed by atoms with E-state index in [4.69, 9.17) is 9.47 Å². The van der Waals surface area contributed by atoms with Gasteiger partial charge in [0.25, 0.3) is 5.56 Å². The number of aromatic nitrogens is 2. The lowest BCUT2D eigenvalue weighted by Crippen LogP contribution is -2.64. The Morgan fingerprint density at radius 1 is 0.957 bits per heavy atom. The lowest BCUT2D eigenvalue weighted by Gasteiger charge is -2.52. The number of ether oxygens (including phenoxy) is 2. The highest BCUT2D eigenvalue weighted by molar-refractivity contribution is 7.99. The summed E-state index contributed by atoms with van der Waals surface area (Å²) in [5.74, 6) is 1.39. The van der Waals surface area contributed by atoms with Crippen molar-refractivity contribution in [3.05, 3.63) is 63.3 Å². The van der Waals surface area contributed by atoms with Crippen molar-refractivity contribution in [2.24, 2.45) is 11.1 Å². The fraction of sp³-hybridized carbons (Fsp3) is 0.588. The van der Waals surface area contributed by atoms with Gasteiger partial charge in [-0.3, -0.25) is 14.6 Å². The van der Waals surface area contributed by atoms with Crippen LogP contribution in [0.1, 0.15) is 44.3 Å². The van der Waals surface area contributed by atoms with Crippen LogP contribution in [0.3, 0.4) is 0 Å². The van der Waals surface area contributed by atoms with Gasteiger partial charge in [0.15, 0.2) is 0 Å². The number of nitroso groups, excluding NO2 is 1. The molecule has 10 nitrogen and oxygen atoms in total. The number of piperidine rings is 2. The molecule has 5 heterocycles. The van der Waals surface area contributed by atoms with E-state index in [0.717, 1.165) is 78.2 Å². The predicted octanol–water partition coefficient (Wildman–Crippen LogP) is 5.32. The van der Waals surface area contributed by atoms with Crippen molar-refractivity contribution >= 4 is 34.0 Å². The normalized spacial score (nSPS) is 21.5. The second kappa shape index (κ2) is 14.4. The highest BCUT2D eigenvalue weighted by Gasteiger charge is 2.38. The average molecular weight is 651 g/mol. The van der Waals surface area contributed by atoms with Gasteiger partial charge in [-0.2, -0.15) is 11.8 Å². The minimum absolute atomic E-state index is 0.0104. The second-order valence-electron chi connectivity index (χ2n) is 13.2. The van der Waals surface area contributed by atoms with Crippen LogP contribution in [0.25, 0.3) is 10.9 Å². The molecule has 3 aromatic rings. The van der Waals surface area contributed by atoms with Crippen molar-refractivity contribution < 1.29 is 13.9 Å². The maximum absolute atomic E-state index is 14.9. The fourth-order valence-electron chi connectivity index (χ4n) is 7.36. The molecule has 0 bridgehead atoms. The number of benzene rings is 2. The number of anilines is 1. The molecule has 12 heteroatoms. The topological polar surface area (TPSA) is 103 Å². The Morgan fingerprint density at radius 2 is 1.70 bits per heavy atom. The summed E-state index contributed by atoms with van der Waals surface area (Å²) < 4.78 is 26.2. The van der Waals surface area contributed by atoms with Crippen LogP contribution in [0.15, 0.2) is 46.4 Å². The van der Waals surface area contributed by atoms with Crippen LogP contribution >= 0.6 is 11.8 Å². The standard InChI is InChI=1S/C34H43FN6O4S/c35-30-17-28(45-21-23-9-15-44-16-10-23)18-31-33(30)34(42)37-32(36-31)22-46-29-7-13-40(14-8-29)27-19-41(20-27)26-5-11-39(12-6-26)25-3-1-24(38-43)2-4-25/h1-4,17-18,23,26-27,29H,5-16,19-22H2,(H,36,37,42). The van der Waals surface area contributed by atoms with Gasteiger partial charge in [-0.25, -0.2) is 9.37 Å². The summed E-state index contributed by atoms with van der Waals surface area (Å²) in [4.78, 5) is 38.6. The van der Waals surface area contributed by atoms with Crippen LogP contribution in [-0.4, -0.2) is 96.2 Å². The summed E-state index contributed by atoms with van der Waals surface area (Å²) in [6.45, 7) is 8.57. The number of nitrogens with one attached hydrogen (secondary N) is 1. The molecule has 0 unspecified atom stereocenters. The van der Waals surface area contributed by atoms with Gasteiger partial charge in [-0.05, 0) is 87.0 Å². The number of hydrogen-bond acceptors (Lipinski definition) is 10. The zero-order valence-electron chi connectivity index (χ0n) is 26.2. The summed E-state index contributed by atoms with van der Waals surface area (Å²) >= 11 is 1.84. The van der Waals surface area contributed by atoms with Gasteiger partial charge in [0, 0.05) is 74.5 Å². The van der Waals surface area contributed by atoms with E-state index in [-0.39, 0.29) is 5.39 Å². The first kappa shape index (κ1) is 31.5. The number of rotatable bonds is 10. The SMILES string of the molecule is O=Nc1ccc(N2CCC(N3CC(N4CCC(SCc5nc6cc(OCC7CCOCC7)cc(F)c6c(=O)[nH]5)CC4)C3)CC2)cc1. The molecule has 4 aliphatic heterocycles. The van der Waals surface area contributed by atoms with Gasteiger partial charge in [0.2, 0.25) is 0 Å². The lowest BCUT2D eigenvalue weighted by atomic mass is 9.95. The van der Waals surface area contributed by atoms with E-state index in [9.17, 15) is 14.1 Å². The molecule has 0 amide bonds. The third-order valence-electron chi connectivity index (χ3n) is 10.3. The van der Waals surface area contributed by atoms with Crippen LogP contribution in [0.4, 0.5) is 15.8 Å². The maximum Gasteiger partial charge on any atom is 0.261 e. The van der Waals surface area contributed by atoms with Crippen LogP contribution in [0.2, 0.25) is 0 Å². The van der Waals surface area contributed by atoms with Crippen molar-refractivity contribution in [2.75, 3.05) is 64.0 Å². The minimum Gasteiger partial charge on any atom is -0.493 e. The third kappa shape index (κ3) is 7.25. The average Bonchev–Trinajstić information content (AvgIpc) is 3.07. The number of thioether (sulfide) groups is 1. The molecule has 7 rings (SSSR count). The summed E-state index contributed by atoms with van der Waals surface area (Å²) in [5, 5.41) is 3.51. The van der Waals surface area contributed by atoms with E-state index < -0.39 is 11.4 Å². The molecule has 0 radical (unpaired) electrons. The Bertz CT molecular complexity index is 1550. The first-order valence-electron chi connectivity index (χ1n) is 16.7. The predicted molar refractivity (Wildman–Crippen MR) is 180 cm³/mol. The molecule has 46 heavy (non-hydrogen) atoms. The van der Waals surface area contributed by atoms with Gasteiger partial charge in [-0.15, -0.1) is 4.91 Å². The second-order valence-corrected chi connectivity index (χ2v) is 14.4. The summed E-state index contributed by atoms with van der Waals surface area (Å²) in [7, 11) is 0. The molecular weight excluding hydrogens is 607 g/mol. The van der Waals surface area contributed by atoms with Crippen molar-refractivity contribution in [1.82, 2.24) is 19.8 Å². The molecule has 4 saturated heterocycles. The Morgan fingerprint density at radius 3 is 2.41 bits per heavy atom. The molecule has 1 N–H and O–H groups in total. The van der Waals surface area contributed by atoms with Crippen molar-refractivity contribution in [3.63, 3.8) is 0 Å². The van der Waals surface area contributed by atoms with E-state index >= 15 is 0 Å². The van der Waals surface area contributed by atoms with E-state index in [2.05, 4.69) is 29.8 Å². The maximum atomic E-state index is 14.9.